The molecular formula is C28H31NO5. The number of methoxy groups -OCH3 is 3. The lowest BCUT2D eigenvalue weighted by molar-refractivity contribution is -0.116. The lowest BCUT2D eigenvalue weighted by atomic mass is 10.1. The molecule has 0 heterocycles. The minimum atomic E-state index is -0.164. The smallest absolute Gasteiger partial charge is 0.244 e. The maximum atomic E-state index is 12.3. The predicted octanol–water partition coefficient (Wildman–Crippen LogP) is 4.97. The van der Waals surface area contributed by atoms with Crippen LogP contribution in [0.4, 0.5) is 0 Å². The summed E-state index contributed by atoms with van der Waals surface area (Å²) in [6.07, 6.45) is 3.97. The van der Waals surface area contributed by atoms with Gasteiger partial charge in [-0.2, -0.15) is 0 Å². The molecule has 178 valence electrons. The van der Waals surface area contributed by atoms with E-state index in [1.807, 2.05) is 67.6 Å². The van der Waals surface area contributed by atoms with Gasteiger partial charge in [0.2, 0.25) is 5.91 Å². The number of carbonyl (C=O) groups excluding carboxylic acids is 1. The van der Waals surface area contributed by atoms with Crippen LogP contribution in [0.2, 0.25) is 0 Å². The van der Waals surface area contributed by atoms with Crippen molar-refractivity contribution < 1.29 is 23.7 Å². The van der Waals surface area contributed by atoms with Gasteiger partial charge in [0, 0.05) is 12.6 Å². The van der Waals surface area contributed by atoms with Crippen LogP contribution in [0.25, 0.3) is 6.08 Å². The van der Waals surface area contributed by atoms with Gasteiger partial charge in [0.1, 0.15) is 6.61 Å². The quantitative estimate of drug-likeness (QED) is 0.409. The molecule has 0 saturated heterocycles. The van der Waals surface area contributed by atoms with E-state index in [9.17, 15) is 4.79 Å². The number of rotatable bonds is 11. The molecule has 0 spiro atoms. The van der Waals surface area contributed by atoms with Crippen LogP contribution in [0.5, 0.6) is 23.0 Å². The Morgan fingerprint density at radius 2 is 1.53 bits per heavy atom. The molecule has 0 bridgehead atoms. The second-order valence-electron chi connectivity index (χ2n) is 7.70. The first kappa shape index (κ1) is 24.7. The van der Waals surface area contributed by atoms with E-state index in [0.29, 0.717) is 42.6 Å². The van der Waals surface area contributed by atoms with Crippen molar-refractivity contribution in [2.75, 3.05) is 27.9 Å². The molecule has 0 unspecified atom stereocenters. The third-order valence-electron chi connectivity index (χ3n) is 5.36. The highest BCUT2D eigenvalue weighted by molar-refractivity contribution is 5.92. The van der Waals surface area contributed by atoms with E-state index in [1.54, 1.807) is 27.4 Å². The van der Waals surface area contributed by atoms with E-state index < -0.39 is 0 Å². The number of ether oxygens (including phenoxy) is 4. The molecule has 3 rings (SSSR count). The predicted molar refractivity (Wildman–Crippen MR) is 134 cm³/mol. The average molecular weight is 462 g/mol. The van der Waals surface area contributed by atoms with E-state index in [2.05, 4.69) is 5.32 Å². The zero-order valence-corrected chi connectivity index (χ0v) is 20.1. The molecule has 34 heavy (non-hydrogen) atoms. The standard InChI is InChI=1S/C28H31NO5/c1-20-16-25(32-3)26(33-4)18-23(20)11-13-28(30)29-15-14-21-10-12-24(31-2)27(17-21)34-19-22-8-6-5-7-9-22/h5-13,16-18H,14-15,19H2,1-4H3,(H,29,30). The number of hydrogen-bond donors (Lipinski definition) is 1. The molecule has 0 radical (unpaired) electrons. The average Bonchev–Trinajstić information content (AvgIpc) is 2.87. The first-order chi connectivity index (χ1) is 16.5. The monoisotopic (exact) mass is 461 g/mol. The zero-order valence-electron chi connectivity index (χ0n) is 20.1. The molecule has 1 amide bonds. The molecule has 3 aromatic rings. The fraction of sp³-hybridized carbons (Fsp3) is 0.250. The lowest BCUT2D eigenvalue weighted by Crippen LogP contribution is -2.23. The molecular weight excluding hydrogens is 430 g/mol. The van der Waals surface area contributed by atoms with Crippen LogP contribution in [0.3, 0.4) is 0 Å². The molecule has 0 atom stereocenters. The van der Waals surface area contributed by atoms with Gasteiger partial charge in [0.05, 0.1) is 21.3 Å². The first-order valence-electron chi connectivity index (χ1n) is 11.1. The van der Waals surface area contributed by atoms with Crippen molar-refractivity contribution in [1.82, 2.24) is 5.32 Å². The van der Waals surface area contributed by atoms with Crippen molar-refractivity contribution in [3.05, 3.63) is 89.0 Å². The topological polar surface area (TPSA) is 66.0 Å². The second kappa shape index (κ2) is 12.3. The Bertz CT molecular complexity index is 1130. The van der Waals surface area contributed by atoms with Crippen molar-refractivity contribution in [1.29, 1.82) is 0 Å². The van der Waals surface area contributed by atoms with Gasteiger partial charge in [0.25, 0.3) is 0 Å². The third-order valence-corrected chi connectivity index (χ3v) is 5.36. The van der Waals surface area contributed by atoms with Gasteiger partial charge in [0.15, 0.2) is 23.0 Å². The molecule has 0 aliphatic heterocycles. The third kappa shape index (κ3) is 6.78. The van der Waals surface area contributed by atoms with Gasteiger partial charge < -0.3 is 24.3 Å². The van der Waals surface area contributed by atoms with Crippen molar-refractivity contribution in [3.8, 4) is 23.0 Å². The fourth-order valence-electron chi connectivity index (χ4n) is 3.46. The summed E-state index contributed by atoms with van der Waals surface area (Å²) in [7, 11) is 4.81. The van der Waals surface area contributed by atoms with Crippen LogP contribution < -0.4 is 24.3 Å². The summed E-state index contributed by atoms with van der Waals surface area (Å²) >= 11 is 0. The molecule has 0 aliphatic carbocycles. The highest BCUT2D eigenvalue weighted by Crippen LogP contribution is 2.31. The van der Waals surface area contributed by atoms with Crippen LogP contribution in [0.1, 0.15) is 22.3 Å². The van der Waals surface area contributed by atoms with Gasteiger partial charge in [-0.05, 0) is 65.9 Å². The molecule has 0 fully saturated rings. The molecule has 6 heteroatoms. The van der Waals surface area contributed by atoms with Crippen molar-refractivity contribution in [2.24, 2.45) is 0 Å². The number of aryl methyl sites for hydroxylation is 1. The van der Waals surface area contributed by atoms with E-state index in [4.69, 9.17) is 18.9 Å². The summed E-state index contributed by atoms with van der Waals surface area (Å²) in [5, 5.41) is 2.92. The van der Waals surface area contributed by atoms with Gasteiger partial charge in [-0.15, -0.1) is 0 Å². The minimum Gasteiger partial charge on any atom is -0.493 e. The molecule has 1 N–H and O–H groups in total. The normalized spacial score (nSPS) is 10.7. The number of nitrogens with one attached hydrogen (secondary N) is 1. The largest absolute Gasteiger partial charge is 0.493 e. The Morgan fingerprint density at radius 3 is 2.24 bits per heavy atom. The van der Waals surface area contributed by atoms with E-state index in [1.165, 1.54) is 6.08 Å². The second-order valence-corrected chi connectivity index (χ2v) is 7.70. The van der Waals surface area contributed by atoms with Gasteiger partial charge in [-0.3, -0.25) is 4.79 Å². The zero-order chi connectivity index (χ0) is 24.3. The minimum absolute atomic E-state index is 0.164. The van der Waals surface area contributed by atoms with E-state index in [0.717, 1.165) is 22.3 Å². The highest BCUT2D eigenvalue weighted by Gasteiger charge is 2.08. The Kier molecular flexibility index (Phi) is 8.97. The lowest BCUT2D eigenvalue weighted by Gasteiger charge is -2.13. The summed E-state index contributed by atoms with van der Waals surface area (Å²) in [6, 6.07) is 19.5. The van der Waals surface area contributed by atoms with Crippen LogP contribution >= 0.6 is 0 Å². The SMILES string of the molecule is COc1cc(C)c(C=CC(=O)NCCc2ccc(OC)c(OCc3ccccc3)c2)cc1OC. The highest BCUT2D eigenvalue weighted by atomic mass is 16.5. The number of amides is 1. The van der Waals surface area contributed by atoms with Crippen LogP contribution in [0, 0.1) is 6.92 Å². The Morgan fingerprint density at radius 1 is 0.824 bits per heavy atom. The Balaban J connectivity index is 1.56. The first-order valence-corrected chi connectivity index (χ1v) is 11.1. The van der Waals surface area contributed by atoms with E-state index >= 15 is 0 Å². The fourth-order valence-corrected chi connectivity index (χ4v) is 3.46. The number of hydrogen-bond acceptors (Lipinski definition) is 5. The molecule has 0 saturated carbocycles. The van der Waals surface area contributed by atoms with Crippen LogP contribution in [-0.2, 0) is 17.8 Å². The number of carbonyl (C=O) groups is 1. The Labute approximate surface area is 201 Å². The maximum absolute atomic E-state index is 12.3. The van der Waals surface area contributed by atoms with Gasteiger partial charge in [-0.25, -0.2) is 0 Å². The maximum Gasteiger partial charge on any atom is 0.244 e. The summed E-state index contributed by atoms with van der Waals surface area (Å²) in [6.45, 7) is 2.91. The van der Waals surface area contributed by atoms with Gasteiger partial charge >= 0.3 is 0 Å². The van der Waals surface area contributed by atoms with Crippen LogP contribution in [-0.4, -0.2) is 33.8 Å². The molecule has 3 aromatic carbocycles. The van der Waals surface area contributed by atoms with Crippen molar-refractivity contribution in [2.45, 2.75) is 20.0 Å². The Hall–Kier alpha value is -3.93. The van der Waals surface area contributed by atoms with Gasteiger partial charge in [-0.1, -0.05) is 36.4 Å². The van der Waals surface area contributed by atoms with Crippen molar-refractivity contribution >= 4 is 12.0 Å². The van der Waals surface area contributed by atoms with E-state index in [-0.39, 0.29) is 5.91 Å². The summed E-state index contributed by atoms with van der Waals surface area (Å²) in [5.74, 6) is 2.48. The summed E-state index contributed by atoms with van der Waals surface area (Å²) in [5.41, 5.74) is 4.01. The molecule has 0 aromatic heterocycles. The summed E-state index contributed by atoms with van der Waals surface area (Å²) < 4.78 is 22.0. The summed E-state index contributed by atoms with van der Waals surface area (Å²) in [4.78, 5) is 12.3. The van der Waals surface area contributed by atoms with Crippen molar-refractivity contribution in [3.63, 3.8) is 0 Å². The molecule has 6 nitrogen and oxygen atoms in total. The molecule has 0 aliphatic rings. The van der Waals surface area contributed by atoms with Crippen LogP contribution in [0.15, 0.2) is 66.7 Å². The number of benzene rings is 3.